The zero-order valence-electron chi connectivity index (χ0n) is 9.90. The monoisotopic (exact) mass is 291 g/mol. The van der Waals surface area contributed by atoms with E-state index in [-0.39, 0.29) is 6.54 Å². The molecular weight excluding hydrogens is 275 g/mol. The number of sulfonamides is 1. The highest BCUT2D eigenvalue weighted by molar-refractivity contribution is 7.89. The molecule has 0 unspecified atom stereocenters. The number of hydrogen-bond acceptors (Lipinski definition) is 3. The van der Waals surface area contributed by atoms with Crippen molar-refractivity contribution in [2.75, 3.05) is 18.8 Å². The van der Waals surface area contributed by atoms with Gasteiger partial charge in [0.15, 0.2) is 0 Å². The van der Waals surface area contributed by atoms with Crippen LogP contribution in [-0.2, 0) is 14.8 Å². The lowest BCUT2D eigenvalue weighted by Gasteiger charge is -2.22. The Hall–Kier alpha value is -0.830. The van der Waals surface area contributed by atoms with E-state index in [9.17, 15) is 26.4 Å². The number of carboxylic acids is 1. The maximum absolute atomic E-state index is 12.2. The van der Waals surface area contributed by atoms with Crippen molar-refractivity contribution in [2.24, 2.45) is 0 Å². The summed E-state index contributed by atoms with van der Waals surface area (Å²) in [5, 5.41) is 8.36. The van der Waals surface area contributed by atoms with Gasteiger partial charge in [-0.15, -0.1) is 0 Å². The van der Waals surface area contributed by atoms with Crippen LogP contribution in [0.4, 0.5) is 13.2 Å². The second-order valence-electron chi connectivity index (χ2n) is 3.76. The van der Waals surface area contributed by atoms with Crippen LogP contribution in [0.3, 0.4) is 0 Å². The second kappa shape index (κ2) is 6.93. The lowest BCUT2D eigenvalue weighted by molar-refractivity contribution is -0.136. The van der Waals surface area contributed by atoms with Gasteiger partial charge in [0.05, 0.1) is 12.2 Å². The fraction of sp³-hybridized carbons (Fsp3) is 0.889. The molecule has 0 saturated carbocycles. The number of alkyl halides is 3. The van der Waals surface area contributed by atoms with Crippen LogP contribution in [-0.4, -0.2) is 48.8 Å². The summed E-state index contributed by atoms with van der Waals surface area (Å²) in [7, 11) is -4.19. The summed E-state index contributed by atoms with van der Waals surface area (Å²) in [6.07, 6.45) is -4.50. The average molecular weight is 291 g/mol. The number of hydrogen-bond donors (Lipinski definition) is 1. The first-order valence-electron chi connectivity index (χ1n) is 5.35. The Morgan fingerprint density at radius 1 is 1.33 bits per heavy atom. The molecule has 0 aliphatic rings. The Morgan fingerprint density at radius 2 is 1.89 bits per heavy atom. The van der Waals surface area contributed by atoms with E-state index in [0.29, 0.717) is 17.1 Å². The topological polar surface area (TPSA) is 74.7 Å². The van der Waals surface area contributed by atoms with Crippen molar-refractivity contribution in [1.82, 2.24) is 4.31 Å². The lowest BCUT2D eigenvalue weighted by atomic mass is 10.3. The number of halogens is 3. The van der Waals surface area contributed by atoms with Gasteiger partial charge in [0, 0.05) is 6.54 Å². The third-order valence-electron chi connectivity index (χ3n) is 2.08. The molecule has 5 nitrogen and oxygen atoms in total. The fourth-order valence-electron chi connectivity index (χ4n) is 1.20. The minimum absolute atomic E-state index is 0.252. The van der Waals surface area contributed by atoms with Gasteiger partial charge < -0.3 is 5.11 Å². The first kappa shape index (κ1) is 17.2. The van der Waals surface area contributed by atoms with Crippen LogP contribution < -0.4 is 0 Å². The van der Waals surface area contributed by atoms with E-state index in [1.54, 1.807) is 6.92 Å². The molecule has 9 heteroatoms. The Morgan fingerprint density at radius 3 is 2.28 bits per heavy atom. The van der Waals surface area contributed by atoms with Crippen molar-refractivity contribution in [3.63, 3.8) is 0 Å². The predicted molar refractivity (Wildman–Crippen MR) is 58.6 cm³/mol. The van der Waals surface area contributed by atoms with Crippen molar-refractivity contribution in [3.8, 4) is 0 Å². The van der Waals surface area contributed by atoms with E-state index in [1.807, 2.05) is 0 Å². The van der Waals surface area contributed by atoms with Crippen LogP contribution in [0.5, 0.6) is 0 Å². The summed E-state index contributed by atoms with van der Waals surface area (Å²) in [6.45, 7) is -0.109. The normalized spacial score (nSPS) is 12.9. The van der Waals surface area contributed by atoms with Gasteiger partial charge in [-0.2, -0.15) is 17.5 Å². The molecule has 0 heterocycles. The van der Waals surface area contributed by atoms with Crippen LogP contribution in [0.2, 0.25) is 0 Å². The van der Waals surface area contributed by atoms with E-state index >= 15 is 0 Å². The van der Waals surface area contributed by atoms with Crippen LogP contribution >= 0.6 is 0 Å². The zero-order chi connectivity index (χ0) is 14.4. The van der Waals surface area contributed by atoms with Gasteiger partial charge in [0.25, 0.3) is 0 Å². The summed E-state index contributed by atoms with van der Waals surface area (Å²) in [5.74, 6) is -2.18. The first-order chi connectivity index (χ1) is 8.08. The second-order valence-corrected chi connectivity index (χ2v) is 5.85. The average Bonchev–Trinajstić information content (AvgIpc) is 2.19. The minimum atomic E-state index is -4.63. The van der Waals surface area contributed by atoms with Gasteiger partial charge in [-0.1, -0.05) is 13.3 Å². The van der Waals surface area contributed by atoms with E-state index in [1.165, 1.54) is 0 Å². The maximum atomic E-state index is 12.2. The molecule has 108 valence electrons. The molecule has 1 N–H and O–H groups in total. The van der Waals surface area contributed by atoms with Crippen LogP contribution in [0.1, 0.15) is 26.2 Å². The maximum Gasteiger partial charge on any atom is 0.402 e. The molecule has 0 atom stereocenters. The highest BCUT2D eigenvalue weighted by atomic mass is 32.2. The predicted octanol–water partition coefficient (Wildman–Crippen LogP) is 1.46. The van der Waals surface area contributed by atoms with Gasteiger partial charge in [0.1, 0.15) is 6.54 Å². The van der Waals surface area contributed by atoms with Crippen molar-refractivity contribution in [1.29, 1.82) is 0 Å². The Labute approximate surface area is 104 Å². The Balaban J connectivity index is 4.76. The highest BCUT2D eigenvalue weighted by Crippen LogP contribution is 2.19. The van der Waals surface area contributed by atoms with Crippen molar-refractivity contribution >= 4 is 16.0 Å². The van der Waals surface area contributed by atoms with Crippen molar-refractivity contribution < 1.29 is 31.5 Å². The minimum Gasteiger partial charge on any atom is -0.481 e. The highest BCUT2D eigenvalue weighted by Gasteiger charge is 2.35. The smallest absolute Gasteiger partial charge is 0.402 e. The lowest BCUT2D eigenvalue weighted by Crippen LogP contribution is -2.41. The molecule has 0 aromatic heterocycles. The van der Waals surface area contributed by atoms with E-state index in [2.05, 4.69) is 0 Å². The summed E-state index contributed by atoms with van der Waals surface area (Å²) in [4.78, 5) is 10.3. The Kier molecular flexibility index (Phi) is 6.61. The summed E-state index contributed by atoms with van der Waals surface area (Å²) in [5.41, 5.74) is 0. The number of aliphatic carboxylic acids is 1. The van der Waals surface area contributed by atoms with Crippen LogP contribution in [0.15, 0.2) is 0 Å². The van der Waals surface area contributed by atoms with Gasteiger partial charge in [-0.3, -0.25) is 4.79 Å². The Bertz CT molecular complexity index is 366. The molecule has 0 fully saturated rings. The van der Waals surface area contributed by atoms with Crippen LogP contribution in [0.25, 0.3) is 0 Å². The van der Waals surface area contributed by atoms with Gasteiger partial charge in [-0.25, -0.2) is 8.42 Å². The molecule has 0 aliphatic carbocycles. The number of nitrogens with zero attached hydrogens (tertiary/aromatic N) is 1. The van der Waals surface area contributed by atoms with E-state index in [0.717, 1.165) is 0 Å². The van der Waals surface area contributed by atoms with Gasteiger partial charge >= 0.3 is 12.1 Å². The van der Waals surface area contributed by atoms with E-state index in [4.69, 9.17) is 5.11 Å². The van der Waals surface area contributed by atoms with Crippen LogP contribution in [0, 0.1) is 0 Å². The quantitative estimate of drug-likeness (QED) is 0.734. The molecule has 0 aromatic rings. The number of carboxylic acid groups (broad SMARTS) is 1. The molecule has 0 saturated heterocycles. The molecule has 0 radical (unpaired) electrons. The third-order valence-corrected chi connectivity index (χ3v) is 3.90. The fourth-order valence-corrected chi connectivity index (χ4v) is 2.64. The first-order valence-corrected chi connectivity index (χ1v) is 6.96. The largest absolute Gasteiger partial charge is 0.481 e. The van der Waals surface area contributed by atoms with Crippen molar-refractivity contribution in [3.05, 3.63) is 0 Å². The zero-order valence-corrected chi connectivity index (χ0v) is 10.7. The number of carbonyl (C=O) groups is 1. The molecule has 0 amide bonds. The SMILES string of the molecule is CCCCN(CC(F)(F)F)S(=O)(=O)CCC(=O)O. The molecule has 0 aliphatic heterocycles. The third kappa shape index (κ3) is 7.49. The summed E-state index contributed by atoms with van der Waals surface area (Å²) in [6, 6.07) is 0. The number of rotatable bonds is 8. The molecule has 0 spiro atoms. The summed E-state index contributed by atoms with van der Waals surface area (Å²) >= 11 is 0. The molecule has 0 rings (SSSR count). The standard InChI is InChI=1S/C9H16F3NO4S/c1-2-3-5-13(7-9(10,11)12)18(16,17)6-4-8(14)15/h2-7H2,1H3,(H,14,15). The van der Waals surface area contributed by atoms with Gasteiger partial charge in [0.2, 0.25) is 10.0 Å². The molecule has 18 heavy (non-hydrogen) atoms. The van der Waals surface area contributed by atoms with Crippen molar-refractivity contribution in [2.45, 2.75) is 32.4 Å². The molecule has 0 bridgehead atoms. The van der Waals surface area contributed by atoms with E-state index < -0.39 is 40.9 Å². The van der Waals surface area contributed by atoms with Gasteiger partial charge in [-0.05, 0) is 6.42 Å². The summed E-state index contributed by atoms with van der Waals surface area (Å²) < 4.78 is 60.2. The number of unbranched alkanes of at least 4 members (excludes halogenated alkanes) is 1. The molecular formula is C9H16F3NO4S. The molecule has 0 aromatic carbocycles.